The standard InChI is InChI=1S/C14H20N2O4/c1-16(8-12(17)15-9-6-7-9)13(18)10-4-2-3-5-11(10)14(19)20/h2-3,9-11H,4-8H2,1H3,(H,15,17)(H,19,20). The summed E-state index contributed by atoms with van der Waals surface area (Å²) < 4.78 is 0. The number of hydrogen-bond acceptors (Lipinski definition) is 3. The van der Waals surface area contributed by atoms with Gasteiger partial charge in [0.05, 0.1) is 18.4 Å². The van der Waals surface area contributed by atoms with E-state index in [-0.39, 0.29) is 24.4 Å². The minimum absolute atomic E-state index is 0.0120. The number of likely N-dealkylation sites (N-methyl/N-ethyl adjacent to an activating group) is 1. The maximum atomic E-state index is 12.3. The van der Waals surface area contributed by atoms with Crippen LogP contribution < -0.4 is 5.32 Å². The van der Waals surface area contributed by atoms with Crippen LogP contribution in [0.5, 0.6) is 0 Å². The van der Waals surface area contributed by atoms with E-state index in [1.54, 1.807) is 13.1 Å². The predicted octanol–water partition coefficient (Wildman–Crippen LogP) is 0.390. The number of carboxylic acids is 1. The summed E-state index contributed by atoms with van der Waals surface area (Å²) >= 11 is 0. The van der Waals surface area contributed by atoms with E-state index in [1.165, 1.54) is 4.90 Å². The molecule has 2 rings (SSSR count). The first-order valence-corrected chi connectivity index (χ1v) is 6.91. The summed E-state index contributed by atoms with van der Waals surface area (Å²) in [6, 6.07) is 0.260. The molecule has 0 heterocycles. The summed E-state index contributed by atoms with van der Waals surface area (Å²) in [6.07, 6.45) is 6.41. The van der Waals surface area contributed by atoms with E-state index >= 15 is 0 Å². The van der Waals surface area contributed by atoms with Crippen molar-refractivity contribution in [2.45, 2.75) is 31.7 Å². The van der Waals surface area contributed by atoms with Crippen LogP contribution in [-0.2, 0) is 14.4 Å². The van der Waals surface area contributed by atoms with Crippen molar-refractivity contribution in [3.63, 3.8) is 0 Å². The Morgan fingerprint density at radius 3 is 2.35 bits per heavy atom. The van der Waals surface area contributed by atoms with Crippen molar-refractivity contribution in [2.24, 2.45) is 11.8 Å². The van der Waals surface area contributed by atoms with E-state index in [0.717, 1.165) is 12.8 Å². The molecule has 0 spiro atoms. The van der Waals surface area contributed by atoms with E-state index in [2.05, 4.69) is 5.32 Å². The largest absolute Gasteiger partial charge is 0.481 e. The lowest BCUT2D eigenvalue weighted by Gasteiger charge is -2.28. The van der Waals surface area contributed by atoms with Gasteiger partial charge in [0.2, 0.25) is 11.8 Å². The topological polar surface area (TPSA) is 86.7 Å². The van der Waals surface area contributed by atoms with Gasteiger partial charge in [0.25, 0.3) is 0 Å². The fraction of sp³-hybridized carbons (Fsp3) is 0.643. The molecule has 0 aromatic carbocycles. The fourth-order valence-electron chi connectivity index (χ4n) is 2.44. The lowest BCUT2D eigenvalue weighted by molar-refractivity contribution is -0.150. The maximum absolute atomic E-state index is 12.3. The monoisotopic (exact) mass is 280 g/mol. The Bertz CT molecular complexity index is 442. The molecule has 1 saturated carbocycles. The molecule has 0 aromatic heterocycles. The fourth-order valence-corrected chi connectivity index (χ4v) is 2.44. The molecule has 2 amide bonds. The van der Waals surface area contributed by atoms with Crippen molar-refractivity contribution in [1.29, 1.82) is 0 Å². The zero-order valence-electron chi connectivity index (χ0n) is 11.5. The zero-order chi connectivity index (χ0) is 14.7. The highest BCUT2D eigenvalue weighted by molar-refractivity contribution is 5.89. The first-order valence-electron chi connectivity index (χ1n) is 6.91. The summed E-state index contributed by atoms with van der Waals surface area (Å²) in [7, 11) is 1.55. The molecule has 0 radical (unpaired) electrons. The van der Waals surface area contributed by atoms with Gasteiger partial charge >= 0.3 is 5.97 Å². The summed E-state index contributed by atoms with van der Waals surface area (Å²) in [5.74, 6) is -2.67. The molecule has 2 aliphatic carbocycles. The van der Waals surface area contributed by atoms with Crippen molar-refractivity contribution < 1.29 is 19.5 Å². The Hall–Kier alpha value is -1.85. The van der Waals surface area contributed by atoms with Crippen LogP contribution in [0.2, 0.25) is 0 Å². The van der Waals surface area contributed by atoms with E-state index in [4.69, 9.17) is 5.11 Å². The maximum Gasteiger partial charge on any atom is 0.307 e. The normalized spacial score (nSPS) is 25.1. The van der Waals surface area contributed by atoms with Crippen LogP contribution in [0.25, 0.3) is 0 Å². The number of nitrogens with one attached hydrogen (secondary N) is 1. The Kier molecular flexibility index (Phi) is 4.42. The molecule has 110 valence electrons. The van der Waals surface area contributed by atoms with Crippen molar-refractivity contribution in [3.05, 3.63) is 12.2 Å². The van der Waals surface area contributed by atoms with E-state index in [1.807, 2.05) is 6.08 Å². The number of hydrogen-bond donors (Lipinski definition) is 2. The zero-order valence-corrected chi connectivity index (χ0v) is 11.5. The second-order valence-electron chi connectivity index (χ2n) is 5.53. The van der Waals surface area contributed by atoms with Crippen LogP contribution in [0.3, 0.4) is 0 Å². The number of carbonyl (C=O) groups excluding carboxylic acids is 2. The molecular weight excluding hydrogens is 260 g/mol. The van der Waals surface area contributed by atoms with Gasteiger partial charge < -0.3 is 15.3 Å². The average molecular weight is 280 g/mol. The van der Waals surface area contributed by atoms with Gasteiger partial charge in [-0.2, -0.15) is 0 Å². The molecule has 2 unspecified atom stereocenters. The van der Waals surface area contributed by atoms with Crippen LogP contribution in [0.15, 0.2) is 12.2 Å². The Morgan fingerprint density at radius 1 is 1.20 bits per heavy atom. The smallest absolute Gasteiger partial charge is 0.307 e. The number of allylic oxidation sites excluding steroid dienone is 2. The molecule has 6 heteroatoms. The summed E-state index contributed by atoms with van der Waals surface area (Å²) in [4.78, 5) is 36.5. The molecule has 0 aliphatic heterocycles. The number of amides is 2. The van der Waals surface area contributed by atoms with Gasteiger partial charge in [-0.25, -0.2) is 0 Å². The number of carboxylic acid groups (broad SMARTS) is 1. The number of nitrogens with zero attached hydrogens (tertiary/aromatic N) is 1. The highest BCUT2D eigenvalue weighted by atomic mass is 16.4. The highest BCUT2D eigenvalue weighted by Crippen LogP contribution is 2.27. The lowest BCUT2D eigenvalue weighted by Crippen LogP contribution is -2.44. The lowest BCUT2D eigenvalue weighted by atomic mass is 9.82. The van der Waals surface area contributed by atoms with Crippen molar-refractivity contribution in [1.82, 2.24) is 10.2 Å². The molecule has 2 N–H and O–H groups in total. The summed E-state index contributed by atoms with van der Waals surface area (Å²) in [6.45, 7) is -0.0120. The molecule has 6 nitrogen and oxygen atoms in total. The molecule has 0 bridgehead atoms. The Morgan fingerprint density at radius 2 is 1.80 bits per heavy atom. The van der Waals surface area contributed by atoms with Gasteiger partial charge in [0.1, 0.15) is 0 Å². The number of rotatable bonds is 5. The van der Waals surface area contributed by atoms with Crippen molar-refractivity contribution in [3.8, 4) is 0 Å². The third kappa shape index (κ3) is 3.59. The van der Waals surface area contributed by atoms with Gasteiger partial charge in [-0.1, -0.05) is 12.2 Å². The predicted molar refractivity (Wildman–Crippen MR) is 71.8 cm³/mol. The molecule has 1 fully saturated rings. The highest BCUT2D eigenvalue weighted by Gasteiger charge is 2.36. The first kappa shape index (κ1) is 14.6. The third-order valence-electron chi connectivity index (χ3n) is 3.77. The molecule has 0 saturated heterocycles. The minimum atomic E-state index is -0.955. The van der Waals surface area contributed by atoms with Gasteiger partial charge in [0.15, 0.2) is 0 Å². The quantitative estimate of drug-likeness (QED) is 0.713. The molecule has 2 atom stereocenters. The van der Waals surface area contributed by atoms with E-state index in [9.17, 15) is 14.4 Å². The van der Waals surface area contributed by atoms with Crippen LogP contribution in [0.1, 0.15) is 25.7 Å². The molecule has 20 heavy (non-hydrogen) atoms. The van der Waals surface area contributed by atoms with E-state index < -0.39 is 17.8 Å². The minimum Gasteiger partial charge on any atom is -0.481 e. The van der Waals surface area contributed by atoms with Gasteiger partial charge in [-0.05, 0) is 25.7 Å². The van der Waals surface area contributed by atoms with Crippen LogP contribution in [-0.4, -0.2) is 47.4 Å². The Labute approximate surface area is 117 Å². The molecular formula is C14H20N2O4. The second-order valence-corrected chi connectivity index (χ2v) is 5.53. The average Bonchev–Trinajstić information content (AvgIpc) is 3.21. The van der Waals surface area contributed by atoms with Crippen molar-refractivity contribution >= 4 is 17.8 Å². The summed E-state index contributed by atoms with van der Waals surface area (Å²) in [5, 5.41) is 12.0. The SMILES string of the molecule is CN(CC(=O)NC1CC1)C(=O)C1CC=CCC1C(=O)O. The number of carbonyl (C=O) groups is 3. The first-order chi connectivity index (χ1) is 9.49. The Balaban J connectivity index is 1.92. The van der Waals surface area contributed by atoms with Gasteiger partial charge in [0, 0.05) is 13.1 Å². The van der Waals surface area contributed by atoms with Crippen LogP contribution in [0.4, 0.5) is 0 Å². The second kappa shape index (κ2) is 6.07. The van der Waals surface area contributed by atoms with Crippen molar-refractivity contribution in [2.75, 3.05) is 13.6 Å². The van der Waals surface area contributed by atoms with Crippen LogP contribution >= 0.6 is 0 Å². The molecule has 2 aliphatic rings. The summed E-state index contributed by atoms with van der Waals surface area (Å²) in [5.41, 5.74) is 0. The van der Waals surface area contributed by atoms with E-state index in [0.29, 0.717) is 12.8 Å². The third-order valence-corrected chi connectivity index (χ3v) is 3.77. The van der Waals surface area contributed by atoms with Crippen LogP contribution in [0, 0.1) is 11.8 Å². The number of aliphatic carboxylic acids is 1. The molecule has 0 aromatic rings. The van der Waals surface area contributed by atoms with Gasteiger partial charge in [-0.3, -0.25) is 14.4 Å². The van der Waals surface area contributed by atoms with Gasteiger partial charge in [-0.15, -0.1) is 0 Å².